The van der Waals surface area contributed by atoms with Crippen molar-refractivity contribution in [1.82, 2.24) is 9.97 Å². The summed E-state index contributed by atoms with van der Waals surface area (Å²) in [5.74, 6) is 2.30. The molecule has 0 spiro atoms. The maximum Gasteiger partial charge on any atom is 0.229 e. The summed E-state index contributed by atoms with van der Waals surface area (Å²) in [5, 5.41) is 7.34. The van der Waals surface area contributed by atoms with E-state index in [0.29, 0.717) is 39.0 Å². The predicted octanol–water partition coefficient (Wildman–Crippen LogP) is 5.29. The van der Waals surface area contributed by atoms with Crippen LogP contribution in [0.2, 0.25) is 10.0 Å². The van der Waals surface area contributed by atoms with E-state index in [9.17, 15) is 0 Å². The minimum absolute atomic E-state index is 0.406. The van der Waals surface area contributed by atoms with Crippen LogP contribution in [0.15, 0.2) is 48.7 Å². The zero-order valence-electron chi connectivity index (χ0n) is 14.1. The average Bonchev–Trinajstić information content (AvgIpc) is 2.65. The third kappa shape index (κ3) is 4.28. The lowest BCUT2D eigenvalue weighted by atomic mass is 10.2. The molecule has 134 valence electrons. The van der Waals surface area contributed by atoms with E-state index in [2.05, 4.69) is 20.6 Å². The van der Waals surface area contributed by atoms with Crippen LogP contribution in [-0.4, -0.2) is 24.2 Å². The molecule has 0 atom stereocenters. The summed E-state index contributed by atoms with van der Waals surface area (Å²) >= 11 is 12.1. The van der Waals surface area contributed by atoms with Crippen LogP contribution in [-0.2, 0) is 0 Å². The Morgan fingerprint density at radius 3 is 2.42 bits per heavy atom. The summed E-state index contributed by atoms with van der Waals surface area (Å²) in [6.45, 7) is 0. The van der Waals surface area contributed by atoms with Crippen molar-refractivity contribution < 1.29 is 9.47 Å². The molecule has 0 saturated heterocycles. The Labute approximate surface area is 161 Å². The normalized spacial score (nSPS) is 10.3. The molecule has 0 unspecified atom stereocenters. The van der Waals surface area contributed by atoms with Gasteiger partial charge in [-0.25, -0.2) is 4.98 Å². The van der Waals surface area contributed by atoms with Gasteiger partial charge in [0, 0.05) is 17.3 Å². The van der Waals surface area contributed by atoms with Gasteiger partial charge in [-0.2, -0.15) is 4.98 Å². The molecule has 6 nitrogen and oxygen atoms in total. The zero-order valence-corrected chi connectivity index (χ0v) is 15.6. The Morgan fingerprint density at radius 1 is 0.885 bits per heavy atom. The summed E-state index contributed by atoms with van der Waals surface area (Å²) in [4.78, 5) is 8.66. The van der Waals surface area contributed by atoms with Crippen LogP contribution in [0.4, 0.5) is 23.1 Å². The summed E-state index contributed by atoms with van der Waals surface area (Å²) in [7, 11) is 3.18. The molecule has 0 fully saturated rings. The van der Waals surface area contributed by atoms with Crippen LogP contribution < -0.4 is 20.1 Å². The van der Waals surface area contributed by atoms with E-state index in [0.717, 1.165) is 5.69 Å². The quantitative estimate of drug-likeness (QED) is 0.595. The number of nitrogens with zero attached hydrogens (tertiary/aromatic N) is 2. The average molecular weight is 391 g/mol. The van der Waals surface area contributed by atoms with Gasteiger partial charge in [0.05, 0.1) is 30.6 Å². The zero-order chi connectivity index (χ0) is 18.5. The van der Waals surface area contributed by atoms with Gasteiger partial charge in [0.25, 0.3) is 0 Å². The van der Waals surface area contributed by atoms with Crippen LogP contribution in [0.25, 0.3) is 0 Å². The monoisotopic (exact) mass is 390 g/mol. The lowest BCUT2D eigenvalue weighted by Crippen LogP contribution is -2.02. The molecular formula is C18H16Cl2N4O2. The van der Waals surface area contributed by atoms with Crippen molar-refractivity contribution in [3.8, 4) is 11.5 Å². The van der Waals surface area contributed by atoms with Gasteiger partial charge >= 0.3 is 0 Å². The molecule has 0 saturated carbocycles. The van der Waals surface area contributed by atoms with E-state index in [1.54, 1.807) is 50.7 Å². The molecule has 0 radical (unpaired) electrons. The lowest BCUT2D eigenvalue weighted by molar-refractivity contribution is 0.395. The van der Waals surface area contributed by atoms with Crippen molar-refractivity contribution in [2.45, 2.75) is 0 Å². The molecule has 8 heteroatoms. The molecule has 0 amide bonds. The van der Waals surface area contributed by atoms with Crippen molar-refractivity contribution in [3.05, 3.63) is 58.7 Å². The summed E-state index contributed by atoms with van der Waals surface area (Å²) in [6.07, 6.45) is 1.64. The number of ether oxygens (including phenoxy) is 2. The highest BCUT2D eigenvalue weighted by Gasteiger charge is 2.08. The standard InChI is InChI=1S/C18H16Cl2N4O2/c1-25-12-4-6-15(16(10-12)26-2)23-18-21-8-7-17(24-18)22-14-5-3-11(19)9-13(14)20/h3-10H,1-2H3,(H2,21,22,23,24). The second kappa shape index (κ2) is 8.12. The predicted molar refractivity (Wildman–Crippen MR) is 105 cm³/mol. The maximum atomic E-state index is 6.18. The van der Waals surface area contributed by atoms with Crippen molar-refractivity contribution >= 4 is 46.3 Å². The van der Waals surface area contributed by atoms with Crippen LogP contribution >= 0.6 is 23.2 Å². The highest BCUT2D eigenvalue weighted by Crippen LogP contribution is 2.31. The fourth-order valence-corrected chi connectivity index (χ4v) is 2.70. The summed E-state index contributed by atoms with van der Waals surface area (Å²) in [5.41, 5.74) is 1.41. The van der Waals surface area contributed by atoms with Gasteiger partial charge in [-0.05, 0) is 36.4 Å². The van der Waals surface area contributed by atoms with Crippen LogP contribution in [0.3, 0.4) is 0 Å². The third-order valence-corrected chi connectivity index (χ3v) is 4.05. The maximum absolute atomic E-state index is 6.18. The fraction of sp³-hybridized carbons (Fsp3) is 0.111. The Hall–Kier alpha value is -2.70. The highest BCUT2D eigenvalue weighted by atomic mass is 35.5. The third-order valence-electron chi connectivity index (χ3n) is 3.50. The number of benzene rings is 2. The molecule has 2 aromatic carbocycles. The van der Waals surface area contributed by atoms with E-state index in [-0.39, 0.29) is 0 Å². The molecule has 0 aliphatic rings. The second-order valence-electron chi connectivity index (χ2n) is 5.21. The van der Waals surface area contributed by atoms with Gasteiger partial charge in [-0.1, -0.05) is 23.2 Å². The van der Waals surface area contributed by atoms with E-state index in [1.807, 2.05) is 12.1 Å². The summed E-state index contributed by atoms with van der Waals surface area (Å²) in [6, 6.07) is 12.4. The number of methoxy groups -OCH3 is 2. The molecule has 0 aliphatic heterocycles. The van der Waals surface area contributed by atoms with Crippen molar-refractivity contribution in [2.24, 2.45) is 0 Å². The Bertz CT molecular complexity index is 921. The SMILES string of the molecule is COc1ccc(Nc2nccc(Nc3ccc(Cl)cc3Cl)n2)c(OC)c1. The van der Waals surface area contributed by atoms with Gasteiger partial charge in [-0.15, -0.1) is 0 Å². The number of nitrogens with one attached hydrogen (secondary N) is 2. The first-order chi connectivity index (χ1) is 12.6. The Kier molecular flexibility index (Phi) is 5.65. The number of hydrogen-bond donors (Lipinski definition) is 2. The van der Waals surface area contributed by atoms with E-state index in [4.69, 9.17) is 32.7 Å². The van der Waals surface area contributed by atoms with Gasteiger partial charge in [0.2, 0.25) is 5.95 Å². The molecule has 3 aromatic rings. The van der Waals surface area contributed by atoms with Gasteiger partial charge < -0.3 is 20.1 Å². The molecule has 1 heterocycles. The van der Waals surface area contributed by atoms with Crippen molar-refractivity contribution in [3.63, 3.8) is 0 Å². The number of halogens is 2. The number of rotatable bonds is 6. The molecule has 0 aliphatic carbocycles. The first-order valence-electron chi connectivity index (χ1n) is 7.63. The fourth-order valence-electron chi connectivity index (χ4n) is 2.24. The van der Waals surface area contributed by atoms with E-state index < -0.39 is 0 Å². The Balaban J connectivity index is 1.81. The minimum atomic E-state index is 0.406. The number of hydrogen-bond acceptors (Lipinski definition) is 6. The van der Waals surface area contributed by atoms with Crippen LogP contribution in [0.1, 0.15) is 0 Å². The lowest BCUT2D eigenvalue weighted by Gasteiger charge is -2.12. The van der Waals surface area contributed by atoms with Crippen LogP contribution in [0, 0.1) is 0 Å². The van der Waals surface area contributed by atoms with Crippen molar-refractivity contribution in [1.29, 1.82) is 0 Å². The molecule has 3 rings (SSSR count). The highest BCUT2D eigenvalue weighted by molar-refractivity contribution is 6.36. The van der Waals surface area contributed by atoms with Gasteiger partial charge in [-0.3, -0.25) is 0 Å². The van der Waals surface area contributed by atoms with Gasteiger partial charge in [0.1, 0.15) is 17.3 Å². The molecule has 0 bridgehead atoms. The molecular weight excluding hydrogens is 375 g/mol. The van der Waals surface area contributed by atoms with E-state index in [1.165, 1.54) is 0 Å². The first-order valence-corrected chi connectivity index (χ1v) is 8.39. The minimum Gasteiger partial charge on any atom is -0.497 e. The first kappa shape index (κ1) is 18.1. The van der Waals surface area contributed by atoms with E-state index >= 15 is 0 Å². The topological polar surface area (TPSA) is 68.3 Å². The number of anilines is 4. The van der Waals surface area contributed by atoms with Crippen LogP contribution in [0.5, 0.6) is 11.5 Å². The molecule has 2 N–H and O–H groups in total. The molecule has 26 heavy (non-hydrogen) atoms. The molecule has 1 aromatic heterocycles. The largest absolute Gasteiger partial charge is 0.497 e. The second-order valence-corrected chi connectivity index (χ2v) is 6.05. The van der Waals surface area contributed by atoms with Gasteiger partial charge in [0.15, 0.2) is 0 Å². The summed E-state index contributed by atoms with van der Waals surface area (Å²) < 4.78 is 10.6. The number of aromatic nitrogens is 2. The smallest absolute Gasteiger partial charge is 0.229 e. The van der Waals surface area contributed by atoms with Crippen molar-refractivity contribution in [2.75, 3.05) is 24.9 Å². The Morgan fingerprint density at radius 2 is 1.69 bits per heavy atom.